The fourth-order valence-corrected chi connectivity index (χ4v) is 4.10. The van der Waals surface area contributed by atoms with Gasteiger partial charge < -0.3 is 4.90 Å². The van der Waals surface area contributed by atoms with Crippen LogP contribution in [0.1, 0.15) is 32.6 Å². The van der Waals surface area contributed by atoms with Crippen molar-refractivity contribution in [3.05, 3.63) is 42.6 Å². The second-order valence-electron chi connectivity index (χ2n) is 8.10. The first-order valence-corrected chi connectivity index (χ1v) is 10.6. The number of carbonyl (C=O) groups is 1. The summed E-state index contributed by atoms with van der Waals surface area (Å²) in [7, 11) is 0. The molecule has 0 bridgehead atoms. The third-order valence-corrected chi connectivity index (χ3v) is 5.78. The van der Waals surface area contributed by atoms with Crippen molar-refractivity contribution < 1.29 is 4.79 Å². The summed E-state index contributed by atoms with van der Waals surface area (Å²) in [6.45, 7) is 6.50. The third-order valence-electron chi connectivity index (χ3n) is 5.78. The Bertz CT molecular complexity index is 947. The van der Waals surface area contributed by atoms with Crippen LogP contribution in [0.15, 0.2) is 42.6 Å². The number of carbonyl (C=O) groups excluding carboxylic acids is 1. The van der Waals surface area contributed by atoms with E-state index < -0.39 is 0 Å². The predicted octanol–water partition coefficient (Wildman–Crippen LogP) is 4.10. The normalized spacial score (nSPS) is 16.0. The van der Waals surface area contributed by atoms with Gasteiger partial charge in [-0.15, -0.1) is 0 Å². The third kappa shape index (κ3) is 4.82. The second-order valence-corrected chi connectivity index (χ2v) is 8.10. The van der Waals surface area contributed by atoms with Crippen LogP contribution in [-0.2, 0) is 4.79 Å². The molecule has 1 aromatic carbocycles. The Balaban J connectivity index is 1.39. The Morgan fingerprint density at radius 3 is 2.90 bits per heavy atom. The lowest BCUT2D eigenvalue weighted by Gasteiger charge is -2.29. The van der Waals surface area contributed by atoms with Crippen molar-refractivity contribution in [1.82, 2.24) is 20.1 Å². The average Bonchev–Trinajstić information content (AvgIpc) is 3.24. The van der Waals surface area contributed by atoms with Gasteiger partial charge >= 0.3 is 0 Å². The molecule has 1 aliphatic rings. The number of piperidine rings is 1. The number of likely N-dealkylation sites (tertiary alicyclic amines) is 1. The molecule has 152 valence electrons. The summed E-state index contributed by atoms with van der Waals surface area (Å²) in [4.78, 5) is 20.3. The summed E-state index contributed by atoms with van der Waals surface area (Å²) in [5, 5.41) is 8.54. The standard InChI is InChI=1S/C23H29N5O/c1-18(16-27-11-3-2-4-12-27)9-13-28(17-29)23-15-22(25-26-23)20-7-8-21-19(14-20)6-5-10-24-21/h5-8,10,14-15,17-18H,2-4,9,11-13,16H2,1H3,(H,25,26). The fourth-order valence-electron chi connectivity index (χ4n) is 4.10. The SMILES string of the molecule is CC(CCN(C=O)c1cc(-c2ccc3ncccc3c2)[nH]n1)CN1CCCCC1. The van der Waals surface area contributed by atoms with Gasteiger partial charge in [0.05, 0.1) is 11.2 Å². The minimum atomic E-state index is 0.557. The first kappa shape index (κ1) is 19.6. The van der Waals surface area contributed by atoms with Gasteiger partial charge in [0.25, 0.3) is 0 Å². The Kier molecular flexibility index (Phi) is 6.20. The molecule has 1 atom stereocenters. The second kappa shape index (κ2) is 9.18. The number of nitrogens with one attached hydrogen (secondary N) is 1. The molecule has 2 aromatic heterocycles. The summed E-state index contributed by atoms with van der Waals surface area (Å²) < 4.78 is 0. The topological polar surface area (TPSA) is 65.1 Å². The number of aromatic amines is 1. The smallest absolute Gasteiger partial charge is 0.215 e. The monoisotopic (exact) mass is 391 g/mol. The molecule has 6 nitrogen and oxygen atoms in total. The quantitative estimate of drug-likeness (QED) is 0.587. The van der Waals surface area contributed by atoms with Gasteiger partial charge in [-0.3, -0.25) is 19.8 Å². The number of H-pyrrole nitrogens is 1. The van der Waals surface area contributed by atoms with Crippen LogP contribution in [0.5, 0.6) is 0 Å². The molecular weight excluding hydrogens is 362 g/mol. The van der Waals surface area contributed by atoms with E-state index in [0.717, 1.165) is 41.5 Å². The first-order valence-electron chi connectivity index (χ1n) is 10.6. The minimum Gasteiger partial charge on any atom is -0.303 e. The number of amides is 1. The number of aromatic nitrogens is 3. The van der Waals surface area contributed by atoms with Crippen LogP contribution in [0.2, 0.25) is 0 Å². The van der Waals surface area contributed by atoms with Crippen molar-refractivity contribution in [2.45, 2.75) is 32.6 Å². The highest BCUT2D eigenvalue weighted by molar-refractivity contribution is 5.84. The highest BCUT2D eigenvalue weighted by Crippen LogP contribution is 2.25. The van der Waals surface area contributed by atoms with E-state index in [1.165, 1.54) is 32.4 Å². The van der Waals surface area contributed by atoms with E-state index in [1.807, 2.05) is 30.3 Å². The maximum absolute atomic E-state index is 11.7. The molecule has 29 heavy (non-hydrogen) atoms. The van der Waals surface area contributed by atoms with Crippen molar-refractivity contribution in [3.63, 3.8) is 0 Å². The van der Waals surface area contributed by atoms with Gasteiger partial charge in [-0.1, -0.05) is 25.5 Å². The molecule has 3 aromatic rings. The number of nitrogens with zero attached hydrogens (tertiary/aromatic N) is 4. The van der Waals surface area contributed by atoms with E-state index in [0.29, 0.717) is 18.3 Å². The molecule has 3 heterocycles. The molecule has 1 saturated heterocycles. The molecule has 0 radical (unpaired) electrons. The van der Waals surface area contributed by atoms with Crippen molar-refractivity contribution in [2.75, 3.05) is 31.1 Å². The lowest BCUT2D eigenvalue weighted by Crippen LogP contribution is -2.34. The molecule has 0 spiro atoms. The van der Waals surface area contributed by atoms with Crippen LogP contribution in [-0.4, -0.2) is 52.7 Å². The number of benzene rings is 1. The van der Waals surface area contributed by atoms with E-state index >= 15 is 0 Å². The number of pyridine rings is 1. The Morgan fingerprint density at radius 2 is 2.07 bits per heavy atom. The largest absolute Gasteiger partial charge is 0.303 e. The zero-order valence-electron chi connectivity index (χ0n) is 17.1. The molecule has 6 heteroatoms. The predicted molar refractivity (Wildman–Crippen MR) is 117 cm³/mol. The van der Waals surface area contributed by atoms with E-state index in [1.54, 1.807) is 11.1 Å². The van der Waals surface area contributed by atoms with Gasteiger partial charge in [0.2, 0.25) is 6.41 Å². The summed E-state index contributed by atoms with van der Waals surface area (Å²) in [5.74, 6) is 1.23. The van der Waals surface area contributed by atoms with Crippen molar-refractivity contribution in [2.24, 2.45) is 5.92 Å². The Hall–Kier alpha value is -2.73. The molecule has 4 rings (SSSR count). The van der Waals surface area contributed by atoms with Gasteiger partial charge in [0.15, 0.2) is 5.82 Å². The minimum absolute atomic E-state index is 0.557. The van der Waals surface area contributed by atoms with Gasteiger partial charge in [-0.05, 0) is 56.5 Å². The van der Waals surface area contributed by atoms with E-state index in [9.17, 15) is 4.79 Å². The molecule has 0 saturated carbocycles. The van der Waals surface area contributed by atoms with Gasteiger partial charge in [0, 0.05) is 36.3 Å². The number of hydrogen-bond acceptors (Lipinski definition) is 4. The van der Waals surface area contributed by atoms with Gasteiger partial charge in [-0.25, -0.2) is 0 Å². The Morgan fingerprint density at radius 1 is 1.21 bits per heavy atom. The average molecular weight is 392 g/mol. The number of rotatable bonds is 8. The molecular formula is C23H29N5O. The van der Waals surface area contributed by atoms with Gasteiger partial charge in [-0.2, -0.15) is 5.10 Å². The maximum atomic E-state index is 11.7. The van der Waals surface area contributed by atoms with Crippen LogP contribution < -0.4 is 4.90 Å². The van der Waals surface area contributed by atoms with E-state index in [4.69, 9.17) is 0 Å². The Labute approximate surface area is 171 Å². The maximum Gasteiger partial charge on any atom is 0.215 e. The lowest BCUT2D eigenvalue weighted by atomic mass is 10.0. The van der Waals surface area contributed by atoms with Crippen LogP contribution in [0, 0.1) is 5.92 Å². The summed E-state index contributed by atoms with van der Waals surface area (Å²) in [6.07, 6.45) is 7.64. The van der Waals surface area contributed by atoms with E-state index in [2.05, 4.69) is 33.1 Å². The zero-order chi connectivity index (χ0) is 20.1. The van der Waals surface area contributed by atoms with Crippen LogP contribution in [0.4, 0.5) is 5.82 Å². The number of fused-ring (bicyclic) bond motifs is 1. The molecule has 1 aliphatic heterocycles. The highest BCUT2D eigenvalue weighted by Gasteiger charge is 2.16. The van der Waals surface area contributed by atoms with Crippen LogP contribution in [0.3, 0.4) is 0 Å². The molecule has 1 unspecified atom stereocenters. The van der Waals surface area contributed by atoms with Gasteiger partial charge in [0.1, 0.15) is 0 Å². The summed E-state index contributed by atoms with van der Waals surface area (Å²) in [5.41, 5.74) is 2.90. The summed E-state index contributed by atoms with van der Waals surface area (Å²) >= 11 is 0. The zero-order valence-corrected chi connectivity index (χ0v) is 17.1. The number of anilines is 1. The van der Waals surface area contributed by atoms with Crippen molar-refractivity contribution in [1.29, 1.82) is 0 Å². The molecule has 1 amide bonds. The number of hydrogen-bond donors (Lipinski definition) is 1. The summed E-state index contributed by atoms with van der Waals surface area (Å²) in [6, 6.07) is 12.0. The highest BCUT2D eigenvalue weighted by atomic mass is 16.1. The van der Waals surface area contributed by atoms with Crippen molar-refractivity contribution >= 4 is 23.1 Å². The van der Waals surface area contributed by atoms with E-state index in [-0.39, 0.29) is 0 Å². The molecule has 1 N–H and O–H groups in total. The first-order chi connectivity index (χ1) is 14.2. The molecule has 1 fully saturated rings. The van der Waals surface area contributed by atoms with Crippen LogP contribution >= 0.6 is 0 Å². The lowest BCUT2D eigenvalue weighted by molar-refractivity contribution is -0.107. The van der Waals surface area contributed by atoms with Crippen molar-refractivity contribution in [3.8, 4) is 11.3 Å². The fraction of sp³-hybridized carbons (Fsp3) is 0.435. The molecule has 0 aliphatic carbocycles. The van der Waals surface area contributed by atoms with Crippen LogP contribution in [0.25, 0.3) is 22.2 Å².